The number of rotatable bonds is 3. The molecule has 1 aromatic heterocycles. The molecule has 72 valence electrons. The standard InChI is InChI=1S/C11H11ClN2/c12-8-10-4-2-1-3-9(10)7-11-13-5-6-14-11/h1-6H,7-8H2,(H,13,14). The summed E-state index contributed by atoms with van der Waals surface area (Å²) in [5, 5.41) is 0. The van der Waals surface area contributed by atoms with Crippen LogP contribution < -0.4 is 0 Å². The molecule has 0 saturated heterocycles. The number of imidazole rings is 1. The van der Waals surface area contributed by atoms with Crippen LogP contribution in [0.2, 0.25) is 0 Å². The fourth-order valence-corrected chi connectivity index (χ4v) is 1.70. The monoisotopic (exact) mass is 206 g/mol. The average Bonchev–Trinajstić information content (AvgIpc) is 2.71. The summed E-state index contributed by atoms with van der Waals surface area (Å²) >= 11 is 5.84. The molecule has 0 fully saturated rings. The van der Waals surface area contributed by atoms with E-state index in [0.29, 0.717) is 5.88 Å². The van der Waals surface area contributed by atoms with Gasteiger partial charge in [0, 0.05) is 24.7 Å². The van der Waals surface area contributed by atoms with Crippen molar-refractivity contribution in [3.8, 4) is 0 Å². The summed E-state index contributed by atoms with van der Waals surface area (Å²) in [5.74, 6) is 1.53. The SMILES string of the molecule is ClCc1ccccc1Cc1ncc[nH]1. The van der Waals surface area contributed by atoms with Gasteiger partial charge < -0.3 is 4.98 Å². The normalized spacial score (nSPS) is 10.4. The number of hydrogen-bond acceptors (Lipinski definition) is 1. The molecule has 0 aliphatic carbocycles. The van der Waals surface area contributed by atoms with Gasteiger partial charge in [0.25, 0.3) is 0 Å². The van der Waals surface area contributed by atoms with Crippen molar-refractivity contribution in [3.05, 3.63) is 53.6 Å². The number of aromatic nitrogens is 2. The Morgan fingerprint density at radius 2 is 2.00 bits per heavy atom. The highest BCUT2D eigenvalue weighted by Gasteiger charge is 2.02. The lowest BCUT2D eigenvalue weighted by molar-refractivity contribution is 1.01. The van der Waals surface area contributed by atoms with Gasteiger partial charge in [0.2, 0.25) is 0 Å². The summed E-state index contributed by atoms with van der Waals surface area (Å²) in [6, 6.07) is 8.16. The molecular formula is C11H11ClN2. The van der Waals surface area contributed by atoms with E-state index in [2.05, 4.69) is 16.0 Å². The van der Waals surface area contributed by atoms with Crippen molar-refractivity contribution in [2.24, 2.45) is 0 Å². The maximum atomic E-state index is 5.84. The fraction of sp³-hybridized carbons (Fsp3) is 0.182. The predicted molar refractivity (Wildman–Crippen MR) is 57.4 cm³/mol. The number of nitrogens with one attached hydrogen (secondary N) is 1. The highest BCUT2D eigenvalue weighted by atomic mass is 35.5. The molecule has 2 rings (SSSR count). The van der Waals surface area contributed by atoms with Crippen LogP contribution in [0.1, 0.15) is 17.0 Å². The first kappa shape index (κ1) is 9.28. The van der Waals surface area contributed by atoms with Crippen LogP contribution in [-0.4, -0.2) is 9.97 Å². The van der Waals surface area contributed by atoms with E-state index in [9.17, 15) is 0 Å². The minimum atomic E-state index is 0.552. The zero-order valence-electron chi connectivity index (χ0n) is 7.70. The van der Waals surface area contributed by atoms with Gasteiger partial charge in [-0.05, 0) is 11.1 Å². The minimum Gasteiger partial charge on any atom is -0.348 e. The van der Waals surface area contributed by atoms with Crippen LogP contribution in [0.25, 0.3) is 0 Å². The van der Waals surface area contributed by atoms with Crippen LogP contribution in [0.3, 0.4) is 0 Å². The number of halogens is 1. The number of benzene rings is 1. The van der Waals surface area contributed by atoms with Crippen LogP contribution >= 0.6 is 11.6 Å². The average molecular weight is 207 g/mol. The maximum Gasteiger partial charge on any atom is 0.110 e. The Kier molecular flexibility index (Phi) is 2.84. The van der Waals surface area contributed by atoms with E-state index in [1.807, 2.05) is 24.4 Å². The highest BCUT2D eigenvalue weighted by Crippen LogP contribution is 2.14. The van der Waals surface area contributed by atoms with Crippen LogP contribution in [0, 0.1) is 0 Å². The van der Waals surface area contributed by atoms with Crippen LogP contribution in [0.4, 0.5) is 0 Å². The summed E-state index contributed by atoms with van der Waals surface area (Å²) in [6.07, 6.45) is 4.41. The van der Waals surface area contributed by atoms with E-state index in [-0.39, 0.29) is 0 Å². The minimum absolute atomic E-state index is 0.552. The molecule has 1 N–H and O–H groups in total. The van der Waals surface area contributed by atoms with Crippen molar-refractivity contribution in [3.63, 3.8) is 0 Å². The number of alkyl halides is 1. The van der Waals surface area contributed by atoms with Crippen molar-refractivity contribution in [2.75, 3.05) is 0 Å². The molecule has 0 atom stereocenters. The van der Waals surface area contributed by atoms with Crippen LogP contribution in [-0.2, 0) is 12.3 Å². The Hall–Kier alpha value is -1.28. The molecule has 1 aromatic carbocycles. The van der Waals surface area contributed by atoms with Gasteiger partial charge in [-0.25, -0.2) is 4.98 Å². The van der Waals surface area contributed by atoms with Gasteiger partial charge >= 0.3 is 0 Å². The molecule has 14 heavy (non-hydrogen) atoms. The number of H-pyrrole nitrogens is 1. The summed E-state index contributed by atoms with van der Waals surface area (Å²) in [7, 11) is 0. The second-order valence-electron chi connectivity index (χ2n) is 3.11. The zero-order chi connectivity index (χ0) is 9.80. The van der Waals surface area contributed by atoms with E-state index >= 15 is 0 Å². The van der Waals surface area contributed by atoms with E-state index in [0.717, 1.165) is 12.2 Å². The van der Waals surface area contributed by atoms with Crippen molar-refractivity contribution >= 4 is 11.6 Å². The predicted octanol–water partition coefficient (Wildman–Crippen LogP) is 2.74. The van der Waals surface area contributed by atoms with Gasteiger partial charge in [0.15, 0.2) is 0 Å². The quantitative estimate of drug-likeness (QED) is 0.769. The molecule has 0 aliphatic heterocycles. The Bertz CT molecular complexity index is 395. The molecule has 0 aliphatic rings. The Balaban J connectivity index is 2.24. The van der Waals surface area contributed by atoms with Crippen molar-refractivity contribution in [1.29, 1.82) is 0 Å². The van der Waals surface area contributed by atoms with Crippen LogP contribution in [0.15, 0.2) is 36.7 Å². The second kappa shape index (κ2) is 4.29. The molecule has 0 bridgehead atoms. The van der Waals surface area contributed by atoms with Gasteiger partial charge in [0.1, 0.15) is 5.82 Å². The molecule has 2 aromatic rings. The lowest BCUT2D eigenvalue weighted by Gasteiger charge is -2.04. The molecule has 2 nitrogen and oxygen atoms in total. The first-order valence-corrected chi connectivity index (χ1v) is 5.04. The Morgan fingerprint density at radius 1 is 1.21 bits per heavy atom. The lowest BCUT2D eigenvalue weighted by Crippen LogP contribution is -1.94. The first-order valence-electron chi connectivity index (χ1n) is 4.51. The molecule has 0 spiro atoms. The number of hydrogen-bond donors (Lipinski definition) is 1. The molecule has 0 saturated carbocycles. The van der Waals surface area contributed by atoms with Crippen LogP contribution in [0.5, 0.6) is 0 Å². The maximum absolute atomic E-state index is 5.84. The van der Waals surface area contributed by atoms with E-state index in [1.54, 1.807) is 6.20 Å². The van der Waals surface area contributed by atoms with E-state index in [1.165, 1.54) is 11.1 Å². The fourth-order valence-electron chi connectivity index (χ4n) is 1.44. The summed E-state index contributed by atoms with van der Waals surface area (Å²) in [6.45, 7) is 0. The molecule has 3 heteroatoms. The van der Waals surface area contributed by atoms with Gasteiger partial charge in [-0.1, -0.05) is 24.3 Å². The zero-order valence-corrected chi connectivity index (χ0v) is 8.46. The van der Waals surface area contributed by atoms with Gasteiger partial charge in [-0.15, -0.1) is 11.6 Å². The third-order valence-corrected chi connectivity index (χ3v) is 2.46. The molecule has 0 radical (unpaired) electrons. The van der Waals surface area contributed by atoms with Crippen molar-refractivity contribution in [1.82, 2.24) is 9.97 Å². The Labute approximate surface area is 88.0 Å². The third-order valence-electron chi connectivity index (χ3n) is 2.18. The van der Waals surface area contributed by atoms with Crippen molar-refractivity contribution < 1.29 is 0 Å². The van der Waals surface area contributed by atoms with Gasteiger partial charge in [-0.3, -0.25) is 0 Å². The highest BCUT2D eigenvalue weighted by molar-refractivity contribution is 6.17. The van der Waals surface area contributed by atoms with E-state index in [4.69, 9.17) is 11.6 Å². The largest absolute Gasteiger partial charge is 0.348 e. The van der Waals surface area contributed by atoms with Gasteiger partial charge in [0.05, 0.1) is 0 Å². The van der Waals surface area contributed by atoms with Crippen molar-refractivity contribution in [2.45, 2.75) is 12.3 Å². The number of aromatic amines is 1. The lowest BCUT2D eigenvalue weighted by atomic mass is 10.1. The summed E-state index contributed by atoms with van der Waals surface area (Å²) in [4.78, 5) is 7.27. The summed E-state index contributed by atoms with van der Waals surface area (Å²) in [5.41, 5.74) is 2.41. The topological polar surface area (TPSA) is 28.7 Å². The summed E-state index contributed by atoms with van der Waals surface area (Å²) < 4.78 is 0. The first-order chi connectivity index (χ1) is 6.90. The molecule has 1 heterocycles. The smallest absolute Gasteiger partial charge is 0.110 e. The molecule has 0 unspecified atom stereocenters. The second-order valence-corrected chi connectivity index (χ2v) is 3.38. The van der Waals surface area contributed by atoms with Gasteiger partial charge in [-0.2, -0.15) is 0 Å². The van der Waals surface area contributed by atoms with E-state index < -0.39 is 0 Å². The Morgan fingerprint density at radius 3 is 2.64 bits per heavy atom. The molecule has 0 amide bonds. The molecular weight excluding hydrogens is 196 g/mol. The number of nitrogens with zero attached hydrogens (tertiary/aromatic N) is 1. The third kappa shape index (κ3) is 1.96.